The minimum Gasteiger partial charge on any atom is -0.434 e. The highest BCUT2D eigenvalue weighted by molar-refractivity contribution is 9.10. The van der Waals surface area contributed by atoms with Gasteiger partial charge < -0.3 is 15.4 Å². The van der Waals surface area contributed by atoms with Crippen LogP contribution >= 0.6 is 15.9 Å². The number of anilines is 1. The van der Waals surface area contributed by atoms with Crippen LogP contribution in [0.5, 0.6) is 5.75 Å². The van der Waals surface area contributed by atoms with Crippen LogP contribution in [0.3, 0.4) is 0 Å². The molecule has 0 atom stereocenters. The van der Waals surface area contributed by atoms with E-state index < -0.39 is 6.61 Å². The second-order valence-electron chi connectivity index (χ2n) is 6.21. The van der Waals surface area contributed by atoms with Gasteiger partial charge in [0.2, 0.25) is 0 Å². The molecule has 3 aromatic carbocycles. The van der Waals surface area contributed by atoms with Crippen LogP contribution in [0, 0.1) is 0 Å². The Balaban J connectivity index is 1.61. The highest BCUT2D eigenvalue weighted by Crippen LogP contribution is 2.25. The summed E-state index contributed by atoms with van der Waals surface area (Å²) in [5.74, 6) is -0.652. The lowest BCUT2D eigenvalue weighted by molar-refractivity contribution is -0.0504. The lowest BCUT2D eigenvalue weighted by Gasteiger charge is -2.12. The van der Waals surface area contributed by atoms with Crippen molar-refractivity contribution in [3.63, 3.8) is 0 Å². The number of amides is 2. The number of hydrogen-bond donors (Lipinski definition) is 2. The molecule has 3 aromatic rings. The number of nitrogens with one attached hydrogen (secondary N) is 2. The topological polar surface area (TPSA) is 67.4 Å². The highest BCUT2D eigenvalue weighted by atomic mass is 79.9. The van der Waals surface area contributed by atoms with E-state index in [2.05, 4.69) is 31.3 Å². The van der Waals surface area contributed by atoms with Gasteiger partial charge in [-0.05, 0) is 54.6 Å². The van der Waals surface area contributed by atoms with E-state index in [1.807, 2.05) is 6.07 Å². The number of benzene rings is 3. The van der Waals surface area contributed by atoms with Crippen LogP contribution in [-0.2, 0) is 6.54 Å². The fraction of sp³-hybridized carbons (Fsp3) is 0.0909. The summed E-state index contributed by atoms with van der Waals surface area (Å²) in [4.78, 5) is 24.6. The van der Waals surface area contributed by atoms with Gasteiger partial charge in [0.15, 0.2) is 0 Å². The molecule has 0 heterocycles. The monoisotopic (exact) mass is 474 g/mol. The number of alkyl halides is 2. The maximum absolute atomic E-state index is 12.6. The number of rotatable bonds is 7. The Bertz CT molecular complexity index is 1030. The number of hydrogen-bond acceptors (Lipinski definition) is 3. The van der Waals surface area contributed by atoms with Crippen molar-refractivity contribution < 1.29 is 23.1 Å². The van der Waals surface area contributed by atoms with E-state index in [0.717, 1.165) is 0 Å². The summed E-state index contributed by atoms with van der Waals surface area (Å²) in [5.41, 5.74) is 1.83. The fourth-order valence-electron chi connectivity index (χ4n) is 2.67. The lowest BCUT2D eigenvalue weighted by Crippen LogP contribution is -2.23. The Morgan fingerprint density at radius 3 is 2.23 bits per heavy atom. The van der Waals surface area contributed by atoms with Crippen LogP contribution in [0.25, 0.3) is 0 Å². The second-order valence-corrected chi connectivity index (χ2v) is 7.13. The van der Waals surface area contributed by atoms with Crippen molar-refractivity contribution in [1.82, 2.24) is 5.32 Å². The molecule has 154 valence electrons. The molecule has 0 aliphatic rings. The van der Waals surface area contributed by atoms with Crippen LogP contribution < -0.4 is 15.4 Å². The Morgan fingerprint density at radius 2 is 1.57 bits per heavy atom. The minimum atomic E-state index is -2.96. The SMILES string of the molecule is O=C(NCc1cc(Br)ccc1OC(F)F)c1ccc(NC(=O)c2ccccc2)cc1. The number of halogens is 3. The van der Waals surface area contributed by atoms with E-state index >= 15 is 0 Å². The smallest absolute Gasteiger partial charge is 0.387 e. The average molecular weight is 475 g/mol. The summed E-state index contributed by atoms with van der Waals surface area (Å²) in [6.07, 6.45) is 0. The number of carbonyl (C=O) groups excluding carboxylic acids is 2. The highest BCUT2D eigenvalue weighted by Gasteiger charge is 2.12. The van der Waals surface area contributed by atoms with Gasteiger partial charge in [-0.1, -0.05) is 34.1 Å². The summed E-state index contributed by atoms with van der Waals surface area (Å²) in [6, 6.07) is 19.7. The molecule has 0 fully saturated rings. The van der Waals surface area contributed by atoms with Crippen molar-refractivity contribution >= 4 is 33.4 Å². The molecule has 2 N–H and O–H groups in total. The molecule has 0 aliphatic heterocycles. The summed E-state index contributed by atoms with van der Waals surface area (Å²) in [5, 5.41) is 5.42. The molecule has 0 radical (unpaired) electrons. The molecule has 2 amide bonds. The van der Waals surface area contributed by atoms with Gasteiger partial charge in [-0.2, -0.15) is 8.78 Å². The third kappa shape index (κ3) is 5.87. The van der Waals surface area contributed by atoms with Gasteiger partial charge in [-0.15, -0.1) is 0 Å². The zero-order valence-electron chi connectivity index (χ0n) is 15.6. The van der Waals surface area contributed by atoms with Gasteiger partial charge in [0.05, 0.1) is 0 Å². The summed E-state index contributed by atoms with van der Waals surface area (Å²) in [6.45, 7) is -2.95. The number of carbonyl (C=O) groups is 2. The minimum absolute atomic E-state index is 0.00677. The third-order valence-electron chi connectivity index (χ3n) is 4.12. The number of ether oxygens (including phenoxy) is 1. The van der Waals surface area contributed by atoms with Crippen molar-refractivity contribution in [2.75, 3.05) is 5.32 Å². The molecule has 0 aromatic heterocycles. The van der Waals surface area contributed by atoms with Crippen LogP contribution in [-0.4, -0.2) is 18.4 Å². The third-order valence-corrected chi connectivity index (χ3v) is 4.61. The summed E-state index contributed by atoms with van der Waals surface area (Å²) in [7, 11) is 0. The molecule has 30 heavy (non-hydrogen) atoms. The average Bonchev–Trinajstić information content (AvgIpc) is 2.74. The molecule has 0 saturated carbocycles. The molecule has 8 heteroatoms. The molecule has 0 bridgehead atoms. The molecule has 0 saturated heterocycles. The van der Waals surface area contributed by atoms with Gasteiger partial charge in [0, 0.05) is 33.4 Å². The maximum Gasteiger partial charge on any atom is 0.387 e. The molecular formula is C22H17BrF2N2O3. The van der Waals surface area contributed by atoms with E-state index in [-0.39, 0.29) is 24.1 Å². The van der Waals surface area contributed by atoms with Crippen molar-refractivity contribution in [2.45, 2.75) is 13.2 Å². The Morgan fingerprint density at radius 1 is 0.900 bits per heavy atom. The molecule has 5 nitrogen and oxygen atoms in total. The molecule has 0 unspecified atom stereocenters. The van der Waals surface area contributed by atoms with E-state index in [4.69, 9.17) is 0 Å². The molecule has 0 aliphatic carbocycles. The largest absolute Gasteiger partial charge is 0.434 e. The lowest BCUT2D eigenvalue weighted by atomic mass is 10.1. The Kier molecular flexibility index (Phi) is 7.13. The van der Waals surface area contributed by atoms with Crippen LogP contribution in [0.4, 0.5) is 14.5 Å². The zero-order chi connectivity index (χ0) is 21.5. The van der Waals surface area contributed by atoms with Gasteiger partial charge in [-0.25, -0.2) is 0 Å². The van der Waals surface area contributed by atoms with Crippen molar-refractivity contribution in [3.05, 3.63) is 94.0 Å². The Hall–Kier alpha value is -3.26. The van der Waals surface area contributed by atoms with E-state index in [1.54, 1.807) is 60.7 Å². The first-order valence-electron chi connectivity index (χ1n) is 8.90. The van der Waals surface area contributed by atoms with Crippen molar-refractivity contribution in [1.29, 1.82) is 0 Å². The summed E-state index contributed by atoms with van der Waals surface area (Å²) >= 11 is 3.27. The second kappa shape index (κ2) is 9.98. The van der Waals surface area contributed by atoms with Crippen LogP contribution in [0.1, 0.15) is 26.3 Å². The molecule has 3 rings (SSSR count). The van der Waals surface area contributed by atoms with Crippen molar-refractivity contribution in [3.8, 4) is 5.75 Å². The summed E-state index contributed by atoms with van der Waals surface area (Å²) < 4.78 is 30.3. The van der Waals surface area contributed by atoms with E-state index in [9.17, 15) is 18.4 Å². The molecular weight excluding hydrogens is 458 g/mol. The van der Waals surface area contributed by atoms with E-state index in [1.165, 1.54) is 6.07 Å². The first-order valence-corrected chi connectivity index (χ1v) is 9.69. The quantitative estimate of drug-likeness (QED) is 0.492. The maximum atomic E-state index is 12.6. The van der Waals surface area contributed by atoms with Gasteiger partial charge in [0.1, 0.15) is 5.75 Å². The van der Waals surface area contributed by atoms with Gasteiger partial charge >= 0.3 is 6.61 Å². The standard InChI is InChI=1S/C22H17BrF2N2O3/c23-17-8-11-19(30-22(24)25)16(12-17)13-26-20(28)15-6-9-18(10-7-15)27-21(29)14-4-2-1-3-5-14/h1-12,22H,13H2,(H,26,28)(H,27,29). The first kappa shape index (κ1) is 21.4. The zero-order valence-corrected chi connectivity index (χ0v) is 17.2. The first-order chi connectivity index (χ1) is 14.4. The fourth-order valence-corrected chi connectivity index (χ4v) is 3.08. The van der Waals surface area contributed by atoms with Gasteiger partial charge in [-0.3, -0.25) is 9.59 Å². The van der Waals surface area contributed by atoms with E-state index in [0.29, 0.717) is 26.9 Å². The Labute approximate surface area is 180 Å². The predicted molar refractivity (Wildman–Crippen MR) is 113 cm³/mol. The molecule has 0 spiro atoms. The van der Waals surface area contributed by atoms with Crippen LogP contribution in [0.15, 0.2) is 77.3 Å². The van der Waals surface area contributed by atoms with Gasteiger partial charge in [0.25, 0.3) is 11.8 Å². The predicted octanol–water partition coefficient (Wildman–Crippen LogP) is 5.23. The normalized spacial score (nSPS) is 10.5. The van der Waals surface area contributed by atoms with Crippen molar-refractivity contribution in [2.24, 2.45) is 0 Å². The van der Waals surface area contributed by atoms with Crippen LogP contribution in [0.2, 0.25) is 0 Å².